The van der Waals surface area contributed by atoms with Crippen molar-refractivity contribution in [2.45, 2.75) is 6.92 Å². The van der Waals surface area contributed by atoms with Gasteiger partial charge in [0.05, 0.1) is 24.4 Å². The average Bonchev–Trinajstić information content (AvgIpc) is 2.48. The number of halogens is 2. The Labute approximate surface area is 133 Å². The van der Waals surface area contributed by atoms with Crippen molar-refractivity contribution in [1.82, 2.24) is 0 Å². The van der Waals surface area contributed by atoms with Crippen LogP contribution in [0.15, 0.2) is 36.4 Å². The van der Waals surface area contributed by atoms with E-state index < -0.39 is 5.82 Å². The molecule has 6 heteroatoms. The molecule has 22 heavy (non-hydrogen) atoms. The maximum absolute atomic E-state index is 12.9. The normalized spacial score (nSPS) is 10.2. The molecule has 116 valence electrons. The fraction of sp³-hybridized carbons (Fsp3) is 0.188. The fourth-order valence-electron chi connectivity index (χ4n) is 1.92. The lowest BCUT2D eigenvalue weighted by Crippen LogP contribution is -2.22. The van der Waals surface area contributed by atoms with E-state index in [2.05, 4.69) is 10.6 Å². The second-order valence-corrected chi connectivity index (χ2v) is 5.11. The van der Waals surface area contributed by atoms with Gasteiger partial charge in [-0.25, -0.2) is 4.39 Å². The highest BCUT2D eigenvalue weighted by Crippen LogP contribution is 2.23. The van der Waals surface area contributed by atoms with Gasteiger partial charge in [0.1, 0.15) is 11.6 Å². The van der Waals surface area contributed by atoms with Crippen LogP contribution in [0.3, 0.4) is 0 Å². The Balaban J connectivity index is 1.95. The van der Waals surface area contributed by atoms with Gasteiger partial charge in [-0.05, 0) is 48.9 Å². The number of methoxy groups -OCH3 is 1. The van der Waals surface area contributed by atoms with E-state index in [0.29, 0.717) is 5.69 Å². The Morgan fingerprint density at radius 1 is 1.23 bits per heavy atom. The number of hydrogen-bond acceptors (Lipinski definition) is 3. The van der Waals surface area contributed by atoms with Crippen LogP contribution in [0.1, 0.15) is 5.56 Å². The zero-order valence-electron chi connectivity index (χ0n) is 12.2. The van der Waals surface area contributed by atoms with Gasteiger partial charge in [-0.2, -0.15) is 0 Å². The maximum atomic E-state index is 12.9. The van der Waals surface area contributed by atoms with Crippen LogP contribution in [-0.4, -0.2) is 19.6 Å². The number of anilines is 2. The minimum atomic E-state index is -0.449. The Hall–Kier alpha value is -2.27. The molecule has 0 atom stereocenters. The first-order chi connectivity index (χ1) is 10.5. The van der Waals surface area contributed by atoms with Gasteiger partial charge < -0.3 is 15.4 Å². The monoisotopic (exact) mass is 322 g/mol. The molecule has 0 unspecified atom stereocenters. The molecule has 0 bridgehead atoms. The number of rotatable bonds is 5. The van der Waals surface area contributed by atoms with Gasteiger partial charge in [-0.15, -0.1) is 0 Å². The Morgan fingerprint density at radius 3 is 2.59 bits per heavy atom. The van der Waals surface area contributed by atoms with E-state index in [1.807, 2.05) is 25.1 Å². The summed E-state index contributed by atoms with van der Waals surface area (Å²) in [7, 11) is 1.60. The molecule has 0 aliphatic heterocycles. The van der Waals surface area contributed by atoms with Gasteiger partial charge in [-0.3, -0.25) is 4.79 Å². The molecule has 2 aromatic rings. The van der Waals surface area contributed by atoms with Crippen LogP contribution in [0.25, 0.3) is 0 Å². The first-order valence-corrected chi connectivity index (χ1v) is 7.01. The number of benzene rings is 2. The lowest BCUT2D eigenvalue weighted by Gasteiger charge is -2.12. The molecule has 0 fully saturated rings. The smallest absolute Gasteiger partial charge is 0.243 e. The van der Waals surface area contributed by atoms with E-state index >= 15 is 0 Å². The summed E-state index contributed by atoms with van der Waals surface area (Å²) >= 11 is 5.86. The van der Waals surface area contributed by atoms with Crippen LogP contribution >= 0.6 is 11.6 Å². The highest BCUT2D eigenvalue weighted by atomic mass is 35.5. The second kappa shape index (κ2) is 7.13. The largest absolute Gasteiger partial charge is 0.497 e. The Bertz CT molecular complexity index is 692. The molecule has 2 aromatic carbocycles. The summed E-state index contributed by atoms with van der Waals surface area (Å²) in [5.41, 5.74) is 2.18. The SMILES string of the molecule is COc1ccc(NCC(=O)Nc2ccc(F)cc2Cl)c(C)c1. The summed E-state index contributed by atoms with van der Waals surface area (Å²) < 4.78 is 18.1. The predicted octanol–water partition coefficient (Wildman–Crippen LogP) is 3.85. The third-order valence-corrected chi connectivity index (χ3v) is 3.39. The van der Waals surface area contributed by atoms with Crippen LogP contribution in [0.2, 0.25) is 5.02 Å². The summed E-state index contributed by atoms with van der Waals surface area (Å²) in [6.07, 6.45) is 0. The van der Waals surface area contributed by atoms with Crippen LogP contribution in [0.5, 0.6) is 5.75 Å². The first kappa shape index (κ1) is 16.1. The number of aryl methyl sites for hydroxylation is 1. The summed E-state index contributed by atoms with van der Waals surface area (Å²) in [5.74, 6) is 0.0318. The predicted molar refractivity (Wildman–Crippen MR) is 86.3 cm³/mol. The van der Waals surface area contributed by atoms with Crippen molar-refractivity contribution in [2.24, 2.45) is 0 Å². The molecule has 0 aromatic heterocycles. The molecule has 1 amide bonds. The quantitative estimate of drug-likeness (QED) is 0.879. The van der Waals surface area contributed by atoms with E-state index in [0.717, 1.165) is 23.1 Å². The van der Waals surface area contributed by atoms with Crippen molar-refractivity contribution in [3.05, 3.63) is 52.8 Å². The van der Waals surface area contributed by atoms with Crippen LogP contribution in [-0.2, 0) is 4.79 Å². The number of nitrogens with one attached hydrogen (secondary N) is 2. The van der Waals surface area contributed by atoms with Crippen LogP contribution < -0.4 is 15.4 Å². The average molecular weight is 323 g/mol. The first-order valence-electron chi connectivity index (χ1n) is 6.63. The summed E-state index contributed by atoms with van der Waals surface area (Å²) in [6.45, 7) is 1.99. The minimum Gasteiger partial charge on any atom is -0.497 e. The molecule has 0 saturated carbocycles. The van der Waals surface area contributed by atoms with Crippen LogP contribution in [0.4, 0.5) is 15.8 Å². The second-order valence-electron chi connectivity index (χ2n) is 4.71. The third-order valence-electron chi connectivity index (χ3n) is 3.08. The topological polar surface area (TPSA) is 50.4 Å². The molecule has 0 spiro atoms. The molecule has 4 nitrogen and oxygen atoms in total. The van der Waals surface area contributed by atoms with E-state index in [9.17, 15) is 9.18 Å². The van der Waals surface area contributed by atoms with Crippen molar-refractivity contribution in [3.8, 4) is 5.75 Å². The summed E-state index contributed by atoms with van der Waals surface area (Å²) in [4.78, 5) is 11.9. The van der Waals surface area contributed by atoms with Crippen molar-refractivity contribution >= 4 is 28.9 Å². The standard InChI is InChI=1S/C16H16ClFN2O2/c1-10-7-12(22-2)4-6-14(10)19-9-16(21)20-15-5-3-11(18)8-13(15)17/h3-8,19H,9H2,1-2H3,(H,20,21). The van der Waals surface area contributed by atoms with Gasteiger partial charge in [0, 0.05) is 5.69 Å². The molecule has 0 radical (unpaired) electrons. The van der Waals surface area contributed by atoms with E-state index in [1.165, 1.54) is 12.1 Å². The lowest BCUT2D eigenvalue weighted by molar-refractivity contribution is -0.114. The molecule has 0 saturated heterocycles. The number of carbonyl (C=O) groups is 1. The molecular weight excluding hydrogens is 307 g/mol. The molecule has 0 aliphatic rings. The van der Waals surface area contributed by atoms with Gasteiger partial charge in [0.25, 0.3) is 0 Å². The molecular formula is C16H16ClFN2O2. The highest BCUT2D eigenvalue weighted by molar-refractivity contribution is 6.33. The van der Waals surface area contributed by atoms with E-state index in [4.69, 9.17) is 16.3 Å². The van der Waals surface area contributed by atoms with Crippen molar-refractivity contribution in [1.29, 1.82) is 0 Å². The zero-order valence-corrected chi connectivity index (χ0v) is 13.0. The highest BCUT2D eigenvalue weighted by Gasteiger charge is 2.08. The fourth-order valence-corrected chi connectivity index (χ4v) is 2.14. The summed E-state index contributed by atoms with van der Waals surface area (Å²) in [5, 5.41) is 5.82. The van der Waals surface area contributed by atoms with Gasteiger partial charge >= 0.3 is 0 Å². The zero-order chi connectivity index (χ0) is 16.1. The van der Waals surface area contributed by atoms with Gasteiger partial charge in [0.15, 0.2) is 0 Å². The van der Waals surface area contributed by atoms with Gasteiger partial charge in [0.2, 0.25) is 5.91 Å². The molecule has 2 rings (SSSR count). The lowest BCUT2D eigenvalue weighted by atomic mass is 10.2. The number of ether oxygens (including phenoxy) is 1. The van der Waals surface area contributed by atoms with Crippen molar-refractivity contribution in [2.75, 3.05) is 24.3 Å². The number of amides is 1. The third kappa shape index (κ3) is 4.11. The van der Waals surface area contributed by atoms with E-state index in [1.54, 1.807) is 7.11 Å². The minimum absolute atomic E-state index is 0.0703. The molecule has 0 aliphatic carbocycles. The van der Waals surface area contributed by atoms with Crippen molar-refractivity contribution < 1.29 is 13.9 Å². The number of carbonyl (C=O) groups excluding carboxylic acids is 1. The van der Waals surface area contributed by atoms with Crippen LogP contribution in [0, 0.1) is 12.7 Å². The Kier molecular flexibility index (Phi) is 5.22. The molecule has 0 heterocycles. The van der Waals surface area contributed by atoms with Gasteiger partial charge in [-0.1, -0.05) is 11.6 Å². The van der Waals surface area contributed by atoms with Crippen molar-refractivity contribution in [3.63, 3.8) is 0 Å². The van der Waals surface area contributed by atoms with E-state index in [-0.39, 0.29) is 17.5 Å². The summed E-state index contributed by atoms with van der Waals surface area (Å²) in [6, 6.07) is 9.34. The maximum Gasteiger partial charge on any atom is 0.243 e. The number of hydrogen-bond donors (Lipinski definition) is 2. The molecule has 2 N–H and O–H groups in total. The Morgan fingerprint density at radius 2 is 1.95 bits per heavy atom.